The minimum Gasteiger partial charge on any atom is -0.496 e. The number of hydrogen-bond donors (Lipinski definition) is 1. The Hall–Kier alpha value is -3.54. The average Bonchev–Trinajstić information content (AvgIpc) is 3.09. The van der Waals surface area contributed by atoms with E-state index in [-0.39, 0.29) is 17.5 Å². The van der Waals surface area contributed by atoms with Gasteiger partial charge in [0.1, 0.15) is 11.4 Å². The lowest BCUT2D eigenvalue weighted by molar-refractivity contribution is -0.127. The molecule has 0 atom stereocenters. The summed E-state index contributed by atoms with van der Waals surface area (Å²) in [5.41, 5.74) is 2.51. The van der Waals surface area contributed by atoms with Crippen LogP contribution in [-0.2, 0) is 11.8 Å². The number of rotatable bonds is 7. The molecule has 1 N–H and O–H groups in total. The molecule has 1 heterocycles. The summed E-state index contributed by atoms with van der Waals surface area (Å²) in [6.45, 7) is 4.93. The number of ether oxygens (including phenoxy) is 1. The smallest absolute Gasteiger partial charge is 0.270 e. The summed E-state index contributed by atoms with van der Waals surface area (Å²) in [5, 5.41) is 3.83. The number of para-hydroxylation sites is 2. The Kier molecular flexibility index (Phi) is 6.57. The van der Waals surface area contributed by atoms with Gasteiger partial charge in [0.2, 0.25) is 0 Å². The van der Waals surface area contributed by atoms with Gasteiger partial charge in [-0.3, -0.25) is 9.59 Å². The summed E-state index contributed by atoms with van der Waals surface area (Å²) in [4.78, 5) is 27.8. The van der Waals surface area contributed by atoms with Crippen molar-refractivity contribution in [3.05, 3.63) is 71.6 Å². The number of likely N-dealkylation sites (N-methyl/N-ethyl adjacent to an activating group) is 1. The first kappa shape index (κ1) is 21.2. The standard InChI is InChI=1S/C24H27N3O3/c1-5-27(6-2)24(29)20(25-23(28)19-12-8-10-14-22(19)30-4)15-17-16-26(3)21-13-9-7-11-18(17)21/h7-16H,5-6H2,1-4H3,(H,25,28). The van der Waals surface area contributed by atoms with Crippen molar-refractivity contribution in [2.45, 2.75) is 13.8 Å². The third kappa shape index (κ3) is 4.22. The third-order valence-corrected chi connectivity index (χ3v) is 5.11. The van der Waals surface area contributed by atoms with Gasteiger partial charge in [-0.05, 0) is 38.1 Å². The van der Waals surface area contributed by atoms with E-state index in [9.17, 15) is 9.59 Å². The van der Waals surface area contributed by atoms with Crippen molar-refractivity contribution in [1.82, 2.24) is 14.8 Å². The molecule has 0 fully saturated rings. The lowest BCUT2D eigenvalue weighted by Gasteiger charge is -2.21. The lowest BCUT2D eigenvalue weighted by Crippen LogP contribution is -2.38. The van der Waals surface area contributed by atoms with Gasteiger partial charge in [-0.15, -0.1) is 0 Å². The first-order valence-corrected chi connectivity index (χ1v) is 9.99. The number of hydrogen-bond acceptors (Lipinski definition) is 3. The molecule has 0 saturated heterocycles. The van der Waals surface area contributed by atoms with Crippen LogP contribution in [0.3, 0.4) is 0 Å². The molecule has 0 saturated carbocycles. The Morgan fingerprint density at radius 3 is 2.43 bits per heavy atom. The van der Waals surface area contributed by atoms with Crippen LogP contribution in [0.25, 0.3) is 17.0 Å². The van der Waals surface area contributed by atoms with Gasteiger partial charge in [-0.2, -0.15) is 0 Å². The predicted octanol–water partition coefficient (Wildman–Crippen LogP) is 3.83. The van der Waals surface area contributed by atoms with E-state index >= 15 is 0 Å². The molecular formula is C24H27N3O3. The topological polar surface area (TPSA) is 63.6 Å². The number of amides is 2. The van der Waals surface area contributed by atoms with Gasteiger partial charge >= 0.3 is 0 Å². The molecule has 0 unspecified atom stereocenters. The highest BCUT2D eigenvalue weighted by Crippen LogP contribution is 2.23. The fourth-order valence-corrected chi connectivity index (χ4v) is 3.50. The van der Waals surface area contributed by atoms with Crippen molar-refractivity contribution in [2.24, 2.45) is 7.05 Å². The molecule has 30 heavy (non-hydrogen) atoms. The molecule has 0 bridgehead atoms. The van der Waals surface area contributed by atoms with Gasteiger partial charge in [0, 0.05) is 42.8 Å². The zero-order chi connectivity index (χ0) is 21.7. The Balaban J connectivity index is 2.05. The summed E-state index contributed by atoms with van der Waals surface area (Å²) in [5.74, 6) is -0.162. The SMILES string of the molecule is CCN(CC)C(=O)C(=Cc1cn(C)c2ccccc12)NC(=O)c1ccccc1OC. The normalized spacial score (nSPS) is 11.4. The van der Waals surface area contributed by atoms with Crippen molar-refractivity contribution in [3.63, 3.8) is 0 Å². The molecule has 6 heteroatoms. The first-order valence-electron chi connectivity index (χ1n) is 9.99. The van der Waals surface area contributed by atoms with Crippen LogP contribution in [0.2, 0.25) is 0 Å². The highest BCUT2D eigenvalue weighted by molar-refractivity contribution is 6.07. The van der Waals surface area contributed by atoms with E-state index in [1.54, 1.807) is 35.2 Å². The molecule has 6 nitrogen and oxygen atoms in total. The molecule has 0 aliphatic rings. The molecule has 3 aromatic rings. The largest absolute Gasteiger partial charge is 0.496 e. The van der Waals surface area contributed by atoms with Gasteiger partial charge < -0.3 is 19.5 Å². The Morgan fingerprint density at radius 1 is 1.07 bits per heavy atom. The van der Waals surface area contributed by atoms with Crippen LogP contribution in [0.1, 0.15) is 29.8 Å². The minimum atomic E-state index is -0.389. The monoisotopic (exact) mass is 405 g/mol. The van der Waals surface area contributed by atoms with E-state index in [2.05, 4.69) is 5.32 Å². The van der Waals surface area contributed by atoms with Gasteiger partial charge in [0.05, 0.1) is 12.7 Å². The summed E-state index contributed by atoms with van der Waals surface area (Å²) in [6, 6.07) is 14.9. The summed E-state index contributed by atoms with van der Waals surface area (Å²) >= 11 is 0. The maximum atomic E-state index is 13.2. The lowest BCUT2D eigenvalue weighted by atomic mass is 10.1. The molecule has 0 radical (unpaired) electrons. The van der Waals surface area contributed by atoms with Crippen LogP contribution in [0.5, 0.6) is 5.75 Å². The van der Waals surface area contributed by atoms with Crippen molar-refractivity contribution in [1.29, 1.82) is 0 Å². The highest BCUT2D eigenvalue weighted by Gasteiger charge is 2.21. The Labute approximate surface area is 176 Å². The summed E-state index contributed by atoms with van der Waals surface area (Å²) < 4.78 is 7.30. The van der Waals surface area contributed by atoms with Crippen molar-refractivity contribution < 1.29 is 14.3 Å². The number of methoxy groups -OCH3 is 1. The van der Waals surface area contributed by atoms with Crippen LogP contribution in [-0.4, -0.2) is 41.5 Å². The fourth-order valence-electron chi connectivity index (χ4n) is 3.50. The number of benzene rings is 2. The molecule has 3 rings (SSSR count). The van der Waals surface area contributed by atoms with Crippen LogP contribution in [0, 0.1) is 0 Å². The van der Waals surface area contributed by atoms with Gasteiger partial charge in [-0.25, -0.2) is 0 Å². The molecule has 0 aliphatic carbocycles. The van der Waals surface area contributed by atoms with Gasteiger partial charge in [-0.1, -0.05) is 30.3 Å². The Bertz CT molecular complexity index is 1090. The second-order valence-electron chi connectivity index (χ2n) is 6.90. The molecule has 156 valence electrons. The van der Waals surface area contributed by atoms with E-state index in [0.29, 0.717) is 24.4 Å². The Morgan fingerprint density at radius 2 is 1.73 bits per heavy atom. The highest BCUT2D eigenvalue weighted by atomic mass is 16.5. The number of nitrogens with one attached hydrogen (secondary N) is 1. The van der Waals surface area contributed by atoms with Crippen LogP contribution in [0.15, 0.2) is 60.4 Å². The van der Waals surface area contributed by atoms with E-state index in [1.165, 1.54) is 7.11 Å². The van der Waals surface area contributed by atoms with E-state index in [4.69, 9.17) is 4.74 Å². The van der Waals surface area contributed by atoms with Crippen LogP contribution < -0.4 is 10.1 Å². The van der Waals surface area contributed by atoms with E-state index < -0.39 is 0 Å². The summed E-state index contributed by atoms with van der Waals surface area (Å²) in [7, 11) is 3.47. The molecule has 1 aromatic heterocycles. The van der Waals surface area contributed by atoms with Crippen molar-refractivity contribution in [2.75, 3.05) is 20.2 Å². The quantitative estimate of drug-likeness (QED) is 0.608. The second-order valence-corrected chi connectivity index (χ2v) is 6.90. The van der Waals surface area contributed by atoms with Gasteiger partial charge in [0.25, 0.3) is 11.8 Å². The van der Waals surface area contributed by atoms with Gasteiger partial charge in [0.15, 0.2) is 0 Å². The zero-order valence-corrected chi connectivity index (χ0v) is 17.8. The number of carbonyl (C=O) groups excluding carboxylic acids is 2. The number of aromatic nitrogens is 1. The maximum absolute atomic E-state index is 13.2. The maximum Gasteiger partial charge on any atom is 0.270 e. The first-order chi connectivity index (χ1) is 14.5. The number of aryl methyl sites for hydroxylation is 1. The number of fused-ring (bicyclic) bond motifs is 1. The molecule has 0 spiro atoms. The zero-order valence-electron chi connectivity index (χ0n) is 17.8. The fraction of sp³-hybridized carbons (Fsp3) is 0.250. The molecule has 0 aliphatic heterocycles. The van der Waals surface area contributed by atoms with Crippen molar-refractivity contribution >= 4 is 28.8 Å². The molecule has 2 aromatic carbocycles. The third-order valence-electron chi connectivity index (χ3n) is 5.11. The van der Waals surface area contributed by atoms with E-state index in [1.807, 2.05) is 55.9 Å². The molecular weight excluding hydrogens is 378 g/mol. The second kappa shape index (κ2) is 9.31. The number of nitrogens with zero attached hydrogens (tertiary/aromatic N) is 2. The average molecular weight is 405 g/mol. The minimum absolute atomic E-state index is 0.226. The predicted molar refractivity (Wildman–Crippen MR) is 119 cm³/mol. The number of carbonyl (C=O) groups is 2. The summed E-state index contributed by atoms with van der Waals surface area (Å²) in [6.07, 6.45) is 3.70. The van der Waals surface area contributed by atoms with Crippen molar-refractivity contribution in [3.8, 4) is 5.75 Å². The van der Waals surface area contributed by atoms with E-state index in [0.717, 1.165) is 16.5 Å². The van der Waals surface area contributed by atoms with Crippen LogP contribution in [0.4, 0.5) is 0 Å². The van der Waals surface area contributed by atoms with Crippen LogP contribution >= 0.6 is 0 Å². The molecule has 2 amide bonds.